The summed E-state index contributed by atoms with van der Waals surface area (Å²) in [5.41, 5.74) is 8.73. The predicted molar refractivity (Wildman–Crippen MR) is 83.4 cm³/mol. The third-order valence-corrected chi connectivity index (χ3v) is 3.52. The molecule has 2 aromatic carbocycles. The van der Waals surface area contributed by atoms with Crippen LogP contribution >= 0.6 is 0 Å². The van der Waals surface area contributed by atoms with Gasteiger partial charge >= 0.3 is 0 Å². The molecule has 0 saturated heterocycles. The van der Waals surface area contributed by atoms with Crippen LogP contribution in [0.5, 0.6) is 0 Å². The molecule has 21 heavy (non-hydrogen) atoms. The van der Waals surface area contributed by atoms with Crippen molar-refractivity contribution >= 4 is 16.7 Å². The third-order valence-electron chi connectivity index (χ3n) is 3.52. The van der Waals surface area contributed by atoms with E-state index in [-0.39, 0.29) is 5.82 Å². The Hall–Kier alpha value is -2.49. The number of aromatic nitrogens is 2. The van der Waals surface area contributed by atoms with Gasteiger partial charge in [-0.3, -0.25) is 0 Å². The molecular formula is C17H16FN3. The molecule has 4 heteroatoms. The van der Waals surface area contributed by atoms with Gasteiger partial charge in [0.05, 0.1) is 5.52 Å². The number of hydrogen-bond acceptors (Lipinski definition) is 3. The molecule has 0 bridgehead atoms. The Morgan fingerprint density at radius 1 is 1.00 bits per heavy atom. The van der Waals surface area contributed by atoms with Gasteiger partial charge in [-0.1, -0.05) is 38.1 Å². The van der Waals surface area contributed by atoms with Gasteiger partial charge in [0.1, 0.15) is 11.6 Å². The van der Waals surface area contributed by atoms with Crippen molar-refractivity contribution in [3.63, 3.8) is 0 Å². The maximum Gasteiger partial charge on any atom is 0.162 e. The number of benzene rings is 2. The van der Waals surface area contributed by atoms with E-state index >= 15 is 0 Å². The maximum absolute atomic E-state index is 13.2. The number of nitrogen functional groups attached to an aromatic ring is 1. The molecule has 0 aliphatic heterocycles. The van der Waals surface area contributed by atoms with Crippen molar-refractivity contribution < 1.29 is 4.39 Å². The first-order valence-corrected chi connectivity index (χ1v) is 6.87. The fourth-order valence-electron chi connectivity index (χ4n) is 2.27. The molecule has 0 fully saturated rings. The summed E-state index contributed by atoms with van der Waals surface area (Å²) in [4.78, 5) is 8.75. The number of hydrogen-bond donors (Lipinski definition) is 1. The summed E-state index contributed by atoms with van der Waals surface area (Å²) in [5, 5.41) is 0.539. The molecule has 106 valence electrons. The van der Waals surface area contributed by atoms with E-state index in [9.17, 15) is 4.39 Å². The van der Waals surface area contributed by atoms with E-state index in [2.05, 4.69) is 35.9 Å². The molecule has 2 N–H and O–H groups in total. The highest BCUT2D eigenvalue weighted by Gasteiger charge is 2.08. The van der Waals surface area contributed by atoms with Crippen molar-refractivity contribution in [3.8, 4) is 11.4 Å². The molecule has 0 radical (unpaired) electrons. The fourth-order valence-corrected chi connectivity index (χ4v) is 2.27. The lowest BCUT2D eigenvalue weighted by Crippen LogP contribution is -1.98. The van der Waals surface area contributed by atoms with E-state index < -0.39 is 0 Å². The highest BCUT2D eigenvalue weighted by atomic mass is 19.1. The first kappa shape index (κ1) is 13.5. The summed E-state index contributed by atoms with van der Waals surface area (Å²) in [5.74, 6) is 0.987. The van der Waals surface area contributed by atoms with Crippen LogP contribution in [0.3, 0.4) is 0 Å². The van der Waals surface area contributed by atoms with E-state index in [1.54, 1.807) is 6.07 Å². The average molecular weight is 281 g/mol. The molecular weight excluding hydrogens is 265 g/mol. The second kappa shape index (κ2) is 5.13. The van der Waals surface area contributed by atoms with E-state index in [0.717, 1.165) is 5.56 Å². The minimum atomic E-state index is -0.341. The zero-order valence-electron chi connectivity index (χ0n) is 12.0. The summed E-state index contributed by atoms with van der Waals surface area (Å²) >= 11 is 0. The highest BCUT2D eigenvalue weighted by molar-refractivity contribution is 5.89. The minimum absolute atomic E-state index is 0.294. The minimum Gasteiger partial charge on any atom is -0.383 e. The van der Waals surface area contributed by atoms with Crippen molar-refractivity contribution in [1.29, 1.82) is 0 Å². The number of halogens is 1. The summed E-state index contributed by atoms with van der Waals surface area (Å²) < 4.78 is 13.2. The number of nitrogens with two attached hydrogens (primary N) is 1. The molecule has 3 rings (SSSR count). The molecule has 0 aliphatic rings. The number of fused-ring (bicyclic) bond motifs is 1. The zero-order valence-corrected chi connectivity index (χ0v) is 12.0. The molecule has 0 amide bonds. The molecule has 3 aromatic rings. The van der Waals surface area contributed by atoms with Crippen molar-refractivity contribution in [2.45, 2.75) is 19.8 Å². The molecule has 0 aliphatic carbocycles. The quantitative estimate of drug-likeness (QED) is 0.768. The van der Waals surface area contributed by atoms with Crippen molar-refractivity contribution in [1.82, 2.24) is 9.97 Å². The van der Waals surface area contributed by atoms with Crippen LogP contribution in [0.25, 0.3) is 22.3 Å². The SMILES string of the molecule is CC(C)c1ccc(-c2nc(N)c3cc(F)ccc3n2)cc1. The Kier molecular flexibility index (Phi) is 3.29. The van der Waals surface area contributed by atoms with Gasteiger partial charge in [0.15, 0.2) is 5.82 Å². The summed E-state index contributed by atoms with van der Waals surface area (Å²) in [6, 6.07) is 12.5. The van der Waals surface area contributed by atoms with Crippen LogP contribution in [0, 0.1) is 5.82 Å². The van der Waals surface area contributed by atoms with Crippen LogP contribution in [0.1, 0.15) is 25.3 Å². The number of rotatable bonds is 2. The first-order chi connectivity index (χ1) is 10.0. The standard InChI is InChI=1S/C17H16FN3/c1-10(2)11-3-5-12(6-4-11)17-20-15-8-7-13(18)9-14(15)16(19)21-17/h3-10H,1-2H3,(H2,19,20,21). The van der Waals surface area contributed by atoms with Gasteiger partial charge in [0.2, 0.25) is 0 Å². The van der Waals surface area contributed by atoms with Crippen LogP contribution in [-0.4, -0.2) is 9.97 Å². The Morgan fingerprint density at radius 3 is 2.38 bits per heavy atom. The van der Waals surface area contributed by atoms with Gasteiger partial charge < -0.3 is 5.73 Å². The normalized spacial score (nSPS) is 11.2. The van der Waals surface area contributed by atoms with Crippen LogP contribution in [0.4, 0.5) is 10.2 Å². The Balaban J connectivity index is 2.10. The van der Waals surface area contributed by atoms with Gasteiger partial charge in [-0.25, -0.2) is 14.4 Å². The largest absolute Gasteiger partial charge is 0.383 e. The van der Waals surface area contributed by atoms with Crippen molar-refractivity contribution in [2.24, 2.45) is 0 Å². The lowest BCUT2D eigenvalue weighted by Gasteiger charge is -2.08. The lowest BCUT2D eigenvalue weighted by molar-refractivity contribution is 0.629. The maximum atomic E-state index is 13.2. The van der Waals surface area contributed by atoms with E-state index in [1.807, 2.05) is 12.1 Å². The second-order valence-electron chi connectivity index (χ2n) is 5.37. The lowest BCUT2D eigenvalue weighted by atomic mass is 10.0. The van der Waals surface area contributed by atoms with E-state index in [0.29, 0.717) is 28.5 Å². The molecule has 0 unspecified atom stereocenters. The van der Waals surface area contributed by atoms with Gasteiger partial charge in [-0.05, 0) is 29.7 Å². The molecule has 0 atom stereocenters. The second-order valence-corrected chi connectivity index (χ2v) is 5.37. The van der Waals surface area contributed by atoms with Gasteiger partial charge in [-0.15, -0.1) is 0 Å². The van der Waals surface area contributed by atoms with Gasteiger partial charge in [-0.2, -0.15) is 0 Å². The Bertz CT molecular complexity index is 795. The fraction of sp³-hybridized carbons (Fsp3) is 0.176. The summed E-state index contributed by atoms with van der Waals surface area (Å²) in [6.45, 7) is 4.29. The number of anilines is 1. The van der Waals surface area contributed by atoms with Crippen LogP contribution in [0.2, 0.25) is 0 Å². The number of nitrogens with zero attached hydrogens (tertiary/aromatic N) is 2. The van der Waals surface area contributed by atoms with Crippen molar-refractivity contribution in [3.05, 3.63) is 53.8 Å². The monoisotopic (exact) mass is 281 g/mol. The molecule has 0 saturated carbocycles. The molecule has 3 nitrogen and oxygen atoms in total. The summed E-state index contributed by atoms with van der Waals surface area (Å²) in [6.07, 6.45) is 0. The van der Waals surface area contributed by atoms with Crippen LogP contribution < -0.4 is 5.73 Å². The highest BCUT2D eigenvalue weighted by Crippen LogP contribution is 2.25. The molecule has 1 aromatic heterocycles. The molecule has 0 spiro atoms. The first-order valence-electron chi connectivity index (χ1n) is 6.87. The summed E-state index contributed by atoms with van der Waals surface area (Å²) in [7, 11) is 0. The van der Waals surface area contributed by atoms with Crippen LogP contribution in [-0.2, 0) is 0 Å². The smallest absolute Gasteiger partial charge is 0.162 e. The van der Waals surface area contributed by atoms with Crippen LogP contribution in [0.15, 0.2) is 42.5 Å². The van der Waals surface area contributed by atoms with E-state index in [4.69, 9.17) is 5.73 Å². The predicted octanol–water partition coefficient (Wildman–Crippen LogP) is 4.14. The van der Waals surface area contributed by atoms with E-state index in [1.165, 1.54) is 17.7 Å². The third kappa shape index (κ3) is 2.57. The van der Waals surface area contributed by atoms with Gasteiger partial charge in [0.25, 0.3) is 0 Å². The topological polar surface area (TPSA) is 51.8 Å². The van der Waals surface area contributed by atoms with Crippen molar-refractivity contribution in [2.75, 3.05) is 5.73 Å². The van der Waals surface area contributed by atoms with Gasteiger partial charge in [0, 0.05) is 10.9 Å². The Labute approximate surface area is 122 Å². The Morgan fingerprint density at radius 2 is 1.71 bits per heavy atom. The molecule has 1 heterocycles. The average Bonchev–Trinajstić information content (AvgIpc) is 2.48. The zero-order chi connectivity index (χ0) is 15.0.